The molecule has 2 heterocycles. The molecule has 7 nitrogen and oxygen atoms in total. The zero-order chi connectivity index (χ0) is 16.4. The summed E-state index contributed by atoms with van der Waals surface area (Å²) in [6, 6.07) is 9.33. The summed E-state index contributed by atoms with van der Waals surface area (Å²) in [5.74, 6) is 0.0331. The van der Waals surface area contributed by atoms with Gasteiger partial charge in [-0.05, 0) is 19.1 Å². The molecule has 0 radical (unpaired) electrons. The first-order valence-electron chi connectivity index (χ1n) is 7.33. The van der Waals surface area contributed by atoms with E-state index < -0.39 is 9.84 Å². The third-order valence-corrected chi connectivity index (χ3v) is 5.49. The highest BCUT2D eigenvalue weighted by atomic mass is 32.2. The second-order valence-electron chi connectivity index (χ2n) is 5.46. The van der Waals surface area contributed by atoms with Crippen LogP contribution in [0.5, 0.6) is 0 Å². The number of nitrogens with one attached hydrogen (secondary N) is 1. The maximum absolute atomic E-state index is 12.3. The summed E-state index contributed by atoms with van der Waals surface area (Å²) in [7, 11) is -3.00. The van der Waals surface area contributed by atoms with E-state index in [1.807, 2.05) is 37.3 Å². The van der Waals surface area contributed by atoms with E-state index in [9.17, 15) is 13.2 Å². The number of amides is 2. The van der Waals surface area contributed by atoms with Crippen molar-refractivity contribution >= 4 is 21.6 Å². The molecule has 8 heteroatoms. The molecular formula is C15H18N4O3S. The second-order valence-corrected chi connectivity index (χ2v) is 7.76. The topological polar surface area (TPSA) is 84.3 Å². The van der Waals surface area contributed by atoms with Crippen LogP contribution in [-0.4, -0.2) is 53.7 Å². The predicted octanol–water partition coefficient (Wildman–Crippen LogP) is 1.44. The smallest absolute Gasteiger partial charge is 0.321 e. The summed E-state index contributed by atoms with van der Waals surface area (Å²) < 4.78 is 24.6. The average Bonchev–Trinajstić information content (AvgIpc) is 2.89. The first-order valence-corrected chi connectivity index (χ1v) is 9.15. The molecule has 0 unspecified atom stereocenters. The van der Waals surface area contributed by atoms with Crippen LogP contribution in [0.2, 0.25) is 0 Å². The Bertz CT molecular complexity index is 801. The number of anilines is 1. The first-order chi connectivity index (χ1) is 11.0. The van der Waals surface area contributed by atoms with Crippen LogP contribution >= 0.6 is 0 Å². The SMILES string of the molecule is Cc1c(NC(=O)N2CCS(=O)(=O)CC2)cnn1-c1ccccc1. The lowest BCUT2D eigenvalue weighted by molar-refractivity contribution is 0.216. The lowest BCUT2D eigenvalue weighted by Crippen LogP contribution is -2.45. The van der Waals surface area contributed by atoms with Crippen molar-refractivity contribution in [2.24, 2.45) is 0 Å². The fourth-order valence-corrected chi connectivity index (χ4v) is 3.67. The zero-order valence-electron chi connectivity index (χ0n) is 12.8. The van der Waals surface area contributed by atoms with Gasteiger partial charge < -0.3 is 10.2 Å². The van der Waals surface area contributed by atoms with E-state index in [4.69, 9.17) is 0 Å². The third-order valence-electron chi connectivity index (χ3n) is 3.88. The fourth-order valence-electron chi connectivity index (χ4n) is 2.47. The van der Waals surface area contributed by atoms with Gasteiger partial charge in [-0.3, -0.25) is 0 Å². The molecule has 0 aliphatic carbocycles. The average molecular weight is 334 g/mol. The monoisotopic (exact) mass is 334 g/mol. The van der Waals surface area contributed by atoms with E-state index in [-0.39, 0.29) is 30.6 Å². The number of carbonyl (C=O) groups is 1. The number of aromatic nitrogens is 2. The quantitative estimate of drug-likeness (QED) is 0.901. The van der Waals surface area contributed by atoms with Crippen molar-refractivity contribution in [1.29, 1.82) is 0 Å². The molecule has 2 aromatic rings. The Kier molecular flexibility index (Phi) is 4.08. The number of para-hydroxylation sites is 1. The Labute approximate surface area is 134 Å². The minimum atomic E-state index is -3.00. The normalized spacial score (nSPS) is 17.0. The number of sulfone groups is 1. The Morgan fingerprint density at radius 3 is 2.48 bits per heavy atom. The third kappa shape index (κ3) is 3.37. The summed E-state index contributed by atoms with van der Waals surface area (Å²) in [6.45, 7) is 2.32. The lowest BCUT2D eigenvalue weighted by atomic mass is 10.3. The molecule has 1 saturated heterocycles. The molecule has 0 bridgehead atoms. The van der Waals surface area contributed by atoms with E-state index in [2.05, 4.69) is 10.4 Å². The van der Waals surface area contributed by atoms with Gasteiger partial charge in [-0.15, -0.1) is 0 Å². The largest absolute Gasteiger partial charge is 0.322 e. The fraction of sp³-hybridized carbons (Fsp3) is 0.333. The van der Waals surface area contributed by atoms with Crippen molar-refractivity contribution in [3.63, 3.8) is 0 Å². The highest BCUT2D eigenvalue weighted by Gasteiger charge is 2.25. The Balaban J connectivity index is 1.72. The number of rotatable bonds is 2. The van der Waals surface area contributed by atoms with Gasteiger partial charge in [0.15, 0.2) is 9.84 Å². The minimum Gasteiger partial charge on any atom is -0.322 e. The highest BCUT2D eigenvalue weighted by Crippen LogP contribution is 2.19. The zero-order valence-corrected chi connectivity index (χ0v) is 13.6. The molecule has 1 aromatic heterocycles. The highest BCUT2D eigenvalue weighted by molar-refractivity contribution is 7.91. The molecule has 1 aromatic carbocycles. The summed E-state index contributed by atoms with van der Waals surface area (Å²) in [4.78, 5) is 13.8. The Morgan fingerprint density at radius 2 is 1.83 bits per heavy atom. The van der Waals surface area contributed by atoms with Crippen LogP contribution < -0.4 is 5.32 Å². The van der Waals surface area contributed by atoms with E-state index in [0.717, 1.165) is 11.4 Å². The molecule has 23 heavy (non-hydrogen) atoms. The second kappa shape index (κ2) is 6.04. The van der Waals surface area contributed by atoms with Crippen LogP contribution in [0.3, 0.4) is 0 Å². The van der Waals surface area contributed by atoms with Gasteiger partial charge >= 0.3 is 6.03 Å². The van der Waals surface area contributed by atoms with Gasteiger partial charge in [-0.1, -0.05) is 18.2 Å². The van der Waals surface area contributed by atoms with E-state index in [1.165, 1.54) is 4.90 Å². The van der Waals surface area contributed by atoms with Crippen molar-refractivity contribution in [3.05, 3.63) is 42.2 Å². The first kappa shape index (κ1) is 15.5. The Hall–Kier alpha value is -2.35. The van der Waals surface area contributed by atoms with Gasteiger partial charge in [-0.2, -0.15) is 5.10 Å². The van der Waals surface area contributed by atoms with Gasteiger partial charge in [0.05, 0.1) is 34.8 Å². The van der Waals surface area contributed by atoms with E-state index >= 15 is 0 Å². The molecular weight excluding hydrogens is 316 g/mol. The van der Waals surface area contributed by atoms with Crippen molar-refractivity contribution in [2.75, 3.05) is 29.9 Å². The number of benzene rings is 1. The van der Waals surface area contributed by atoms with E-state index in [1.54, 1.807) is 10.9 Å². The summed E-state index contributed by atoms with van der Waals surface area (Å²) in [6.07, 6.45) is 1.60. The molecule has 0 spiro atoms. The molecule has 1 aliphatic rings. The van der Waals surface area contributed by atoms with Crippen LogP contribution in [0.25, 0.3) is 5.69 Å². The number of hydrogen-bond acceptors (Lipinski definition) is 4. The van der Waals surface area contributed by atoms with Gasteiger partial charge in [0.2, 0.25) is 0 Å². The molecule has 2 amide bonds. The minimum absolute atomic E-state index is 0.0165. The number of urea groups is 1. The molecule has 0 atom stereocenters. The summed E-state index contributed by atoms with van der Waals surface area (Å²) >= 11 is 0. The van der Waals surface area contributed by atoms with E-state index in [0.29, 0.717) is 5.69 Å². The molecule has 3 rings (SSSR count). The maximum atomic E-state index is 12.3. The Morgan fingerprint density at radius 1 is 1.17 bits per heavy atom. The van der Waals surface area contributed by atoms with Gasteiger partial charge in [0.25, 0.3) is 0 Å². The van der Waals surface area contributed by atoms with Gasteiger partial charge in [-0.25, -0.2) is 17.9 Å². The van der Waals surface area contributed by atoms with Crippen LogP contribution in [0.1, 0.15) is 5.69 Å². The standard InChI is InChI=1S/C15H18N4O3S/c1-12-14(11-16-19(12)13-5-3-2-4-6-13)17-15(20)18-7-9-23(21,22)10-8-18/h2-6,11H,7-10H2,1H3,(H,17,20). The van der Waals surface area contributed by atoms with Gasteiger partial charge in [0.1, 0.15) is 0 Å². The van der Waals surface area contributed by atoms with Crippen LogP contribution in [0, 0.1) is 6.92 Å². The van der Waals surface area contributed by atoms with Crippen molar-refractivity contribution in [2.45, 2.75) is 6.92 Å². The summed E-state index contributed by atoms with van der Waals surface area (Å²) in [5.41, 5.74) is 2.34. The number of hydrogen-bond donors (Lipinski definition) is 1. The molecule has 1 N–H and O–H groups in total. The maximum Gasteiger partial charge on any atom is 0.321 e. The lowest BCUT2D eigenvalue weighted by Gasteiger charge is -2.26. The van der Waals surface area contributed by atoms with Crippen molar-refractivity contribution in [3.8, 4) is 5.69 Å². The molecule has 0 saturated carbocycles. The van der Waals surface area contributed by atoms with Crippen LogP contribution in [0.15, 0.2) is 36.5 Å². The van der Waals surface area contributed by atoms with Crippen LogP contribution in [0.4, 0.5) is 10.5 Å². The molecule has 1 aliphatic heterocycles. The van der Waals surface area contributed by atoms with Crippen LogP contribution in [-0.2, 0) is 9.84 Å². The number of carbonyl (C=O) groups excluding carboxylic acids is 1. The predicted molar refractivity (Wildman–Crippen MR) is 87.5 cm³/mol. The van der Waals surface area contributed by atoms with Crippen molar-refractivity contribution in [1.82, 2.24) is 14.7 Å². The molecule has 1 fully saturated rings. The molecule has 122 valence electrons. The summed E-state index contributed by atoms with van der Waals surface area (Å²) in [5, 5.41) is 7.10. The van der Waals surface area contributed by atoms with Crippen molar-refractivity contribution < 1.29 is 13.2 Å². The number of nitrogens with zero attached hydrogens (tertiary/aromatic N) is 3. The van der Waals surface area contributed by atoms with Gasteiger partial charge in [0, 0.05) is 13.1 Å².